The number of hydrogen-bond donors (Lipinski definition) is 1. The van der Waals surface area contributed by atoms with Gasteiger partial charge in [-0.05, 0) is 44.9 Å². The lowest BCUT2D eigenvalue weighted by Crippen LogP contribution is -2.24. The minimum atomic E-state index is -0.550. The SMILES string of the molecule is Cc1ccc(C)c(C(C)NC(C)c2ccc(F)cc2F)c1. The van der Waals surface area contributed by atoms with Gasteiger partial charge in [0.05, 0.1) is 0 Å². The summed E-state index contributed by atoms with van der Waals surface area (Å²) >= 11 is 0. The van der Waals surface area contributed by atoms with E-state index < -0.39 is 11.6 Å². The Hall–Kier alpha value is -1.74. The second-order valence-electron chi connectivity index (χ2n) is 5.64. The summed E-state index contributed by atoms with van der Waals surface area (Å²) in [4.78, 5) is 0. The molecule has 2 rings (SSSR count). The molecule has 0 aliphatic heterocycles. The van der Waals surface area contributed by atoms with Crippen LogP contribution in [0.2, 0.25) is 0 Å². The molecule has 2 aromatic rings. The minimum Gasteiger partial charge on any atom is -0.304 e. The van der Waals surface area contributed by atoms with Crippen molar-refractivity contribution in [2.75, 3.05) is 0 Å². The fourth-order valence-electron chi connectivity index (χ4n) is 2.63. The van der Waals surface area contributed by atoms with E-state index in [0.717, 1.165) is 6.07 Å². The van der Waals surface area contributed by atoms with Crippen molar-refractivity contribution in [3.8, 4) is 0 Å². The van der Waals surface area contributed by atoms with Crippen molar-refractivity contribution in [1.29, 1.82) is 0 Å². The topological polar surface area (TPSA) is 12.0 Å². The Balaban J connectivity index is 2.18. The molecule has 21 heavy (non-hydrogen) atoms. The quantitative estimate of drug-likeness (QED) is 0.835. The van der Waals surface area contributed by atoms with Crippen LogP contribution in [0.5, 0.6) is 0 Å². The second-order valence-corrected chi connectivity index (χ2v) is 5.64. The van der Waals surface area contributed by atoms with Crippen LogP contribution < -0.4 is 5.32 Å². The predicted octanol–water partition coefficient (Wildman–Crippen LogP) is 4.99. The average molecular weight is 289 g/mol. The molecule has 1 N–H and O–H groups in total. The van der Waals surface area contributed by atoms with Gasteiger partial charge in [0.15, 0.2) is 0 Å². The molecule has 0 aromatic heterocycles. The summed E-state index contributed by atoms with van der Waals surface area (Å²) < 4.78 is 26.8. The van der Waals surface area contributed by atoms with Gasteiger partial charge in [-0.2, -0.15) is 0 Å². The van der Waals surface area contributed by atoms with Gasteiger partial charge in [-0.15, -0.1) is 0 Å². The monoisotopic (exact) mass is 289 g/mol. The van der Waals surface area contributed by atoms with E-state index in [4.69, 9.17) is 0 Å². The summed E-state index contributed by atoms with van der Waals surface area (Å²) in [5.41, 5.74) is 4.08. The number of aryl methyl sites for hydroxylation is 2. The fraction of sp³-hybridized carbons (Fsp3) is 0.333. The summed E-state index contributed by atoms with van der Waals surface area (Å²) in [6.07, 6.45) is 0. The molecule has 0 aliphatic carbocycles. The van der Waals surface area contributed by atoms with Crippen molar-refractivity contribution in [2.24, 2.45) is 0 Å². The van der Waals surface area contributed by atoms with Gasteiger partial charge < -0.3 is 5.32 Å². The van der Waals surface area contributed by atoms with Crippen molar-refractivity contribution < 1.29 is 8.78 Å². The smallest absolute Gasteiger partial charge is 0.130 e. The Morgan fingerprint density at radius 1 is 0.857 bits per heavy atom. The molecule has 0 saturated carbocycles. The van der Waals surface area contributed by atoms with E-state index in [1.807, 2.05) is 6.92 Å². The van der Waals surface area contributed by atoms with Crippen molar-refractivity contribution in [3.63, 3.8) is 0 Å². The zero-order valence-corrected chi connectivity index (χ0v) is 12.9. The van der Waals surface area contributed by atoms with E-state index >= 15 is 0 Å². The average Bonchev–Trinajstić information content (AvgIpc) is 2.41. The van der Waals surface area contributed by atoms with Crippen LogP contribution in [0.25, 0.3) is 0 Å². The fourth-order valence-corrected chi connectivity index (χ4v) is 2.63. The third-order valence-corrected chi connectivity index (χ3v) is 3.83. The van der Waals surface area contributed by atoms with Gasteiger partial charge in [0.2, 0.25) is 0 Å². The van der Waals surface area contributed by atoms with E-state index in [-0.39, 0.29) is 12.1 Å². The van der Waals surface area contributed by atoms with Crippen LogP contribution in [-0.2, 0) is 0 Å². The highest BCUT2D eigenvalue weighted by Gasteiger charge is 2.16. The third kappa shape index (κ3) is 3.67. The van der Waals surface area contributed by atoms with Crippen molar-refractivity contribution >= 4 is 0 Å². The summed E-state index contributed by atoms with van der Waals surface area (Å²) in [6.45, 7) is 8.06. The number of halogens is 2. The molecule has 0 fully saturated rings. The van der Waals surface area contributed by atoms with Crippen LogP contribution >= 0.6 is 0 Å². The molecule has 0 amide bonds. The number of rotatable bonds is 4. The molecule has 3 heteroatoms. The van der Waals surface area contributed by atoms with E-state index in [1.54, 1.807) is 0 Å². The lowest BCUT2D eigenvalue weighted by molar-refractivity contribution is 0.469. The predicted molar refractivity (Wildman–Crippen MR) is 82.2 cm³/mol. The molecule has 2 aromatic carbocycles. The molecule has 1 nitrogen and oxygen atoms in total. The second kappa shape index (κ2) is 6.35. The van der Waals surface area contributed by atoms with Crippen LogP contribution in [0, 0.1) is 25.5 Å². The highest BCUT2D eigenvalue weighted by Crippen LogP contribution is 2.24. The van der Waals surface area contributed by atoms with Crippen molar-refractivity contribution in [1.82, 2.24) is 5.32 Å². The Morgan fingerprint density at radius 3 is 2.19 bits per heavy atom. The summed E-state index contributed by atoms with van der Waals surface area (Å²) in [5.74, 6) is -1.06. The van der Waals surface area contributed by atoms with Gasteiger partial charge in [-0.3, -0.25) is 0 Å². The first-order chi connectivity index (χ1) is 9.88. The van der Waals surface area contributed by atoms with Gasteiger partial charge in [0.1, 0.15) is 11.6 Å². The highest BCUT2D eigenvalue weighted by molar-refractivity contribution is 5.33. The first kappa shape index (κ1) is 15.6. The third-order valence-electron chi connectivity index (χ3n) is 3.83. The Morgan fingerprint density at radius 2 is 1.52 bits per heavy atom. The first-order valence-corrected chi connectivity index (χ1v) is 7.16. The van der Waals surface area contributed by atoms with Gasteiger partial charge in [0, 0.05) is 23.7 Å². The summed E-state index contributed by atoms with van der Waals surface area (Å²) in [5, 5.41) is 3.38. The van der Waals surface area contributed by atoms with Gasteiger partial charge in [-0.1, -0.05) is 29.8 Å². The number of hydrogen-bond acceptors (Lipinski definition) is 1. The highest BCUT2D eigenvalue weighted by atomic mass is 19.1. The molecule has 0 spiro atoms. The van der Waals surface area contributed by atoms with E-state index in [0.29, 0.717) is 5.56 Å². The van der Waals surface area contributed by atoms with Crippen LogP contribution in [-0.4, -0.2) is 0 Å². The van der Waals surface area contributed by atoms with E-state index in [9.17, 15) is 8.78 Å². The molecule has 2 atom stereocenters. The van der Waals surface area contributed by atoms with Crippen molar-refractivity contribution in [3.05, 3.63) is 70.3 Å². The molecule has 2 unspecified atom stereocenters. The van der Waals surface area contributed by atoms with Crippen LogP contribution in [0.1, 0.15) is 48.2 Å². The van der Waals surface area contributed by atoms with Crippen molar-refractivity contribution in [2.45, 2.75) is 39.8 Å². The van der Waals surface area contributed by atoms with Gasteiger partial charge >= 0.3 is 0 Å². The zero-order chi connectivity index (χ0) is 15.6. The van der Waals surface area contributed by atoms with Gasteiger partial charge in [-0.25, -0.2) is 8.78 Å². The van der Waals surface area contributed by atoms with E-state index in [2.05, 4.69) is 44.3 Å². The Bertz CT molecular complexity index is 637. The van der Waals surface area contributed by atoms with Crippen LogP contribution in [0.4, 0.5) is 8.78 Å². The molecule has 0 heterocycles. The molecule has 0 saturated heterocycles. The lowest BCUT2D eigenvalue weighted by Gasteiger charge is -2.23. The molecule has 0 bridgehead atoms. The lowest BCUT2D eigenvalue weighted by atomic mass is 9.98. The Labute approximate surface area is 125 Å². The summed E-state index contributed by atoms with van der Waals surface area (Å²) in [6, 6.07) is 9.92. The zero-order valence-electron chi connectivity index (χ0n) is 12.9. The maximum Gasteiger partial charge on any atom is 0.130 e. The molecule has 112 valence electrons. The number of nitrogens with one attached hydrogen (secondary N) is 1. The standard InChI is InChI=1S/C18H21F2N/c1-11-5-6-12(2)17(9-11)14(4)21-13(3)16-8-7-15(19)10-18(16)20/h5-10,13-14,21H,1-4H3. The number of benzene rings is 2. The molecular weight excluding hydrogens is 268 g/mol. The Kier molecular flexibility index (Phi) is 4.73. The van der Waals surface area contributed by atoms with Gasteiger partial charge in [0.25, 0.3) is 0 Å². The molecular formula is C18H21F2N. The maximum absolute atomic E-state index is 13.8. The van der Waals surface area contributed by atoms with Crippen LogP contribution in [0.3, 0.4) is 0 Å². The summed E-state index contributed by atoms with van der Waals surface area (Å²) in [7, 11) is 0. The van der Waals surface area contributed by atoms with E-state index in [1.165, 1.54) is 28.8 Å². The molecule has 0 aliphatic rings. The largest absolute Gasteiger partial charge is 0.304 e. The first-order valence-electron chi connectivity index (χ1n) is 7.16. The normalized spacial score (nSPS) is 14.0. The molecule has 0 radical (unpaired) electrons. The maximum atomic E-state index is 13.8. The minimum absolute atomic E-state index is 0.0874. The van der Waals surface area contributed by atoms with Crippen LogP contribution in [0.15, 0.2) is 36.4 Å².